The molecule has 1 atom stereocenters. The van der Waals surface area contributed by atoms with Crippen LogP contribution in [0.15, 0.2) is 12.2 Å². The van der Waals surface area contributed by atoms with Gasteiger partial charge < -0.3 is 12.2 Å². The normalized spacial score (nSPS) is 13.4. The first kappa shape index (κ1) is 11.6. The molecule has 0 heterocycles. The Balaban J connectivity index is 0. The Hall–Kier alpha value is 0.804. The minimum Gasteiger partial charge on any atom is -0.343 e. The first-order valence-electron chi connectivity index (χ1n) is 2.44. The van der Waals surface area contributed by atoms with Gasteiger partial charge in [-0.3, -0.25) is 0 Å². The Labute approximate surface area is 76.8 Å². The molecule has 0 aliphatic rings. The van der Waals surface area contributed by atoms with Crippen molar-refractivity contribution in [2.24, 2.45) is 0 Å². The van der Waals surface area contributed by atoms with Crippen molar-refractivity contribution in [2.75, 3.05) is 7.05 Å². The fourth-order valence-corrected chi connectivity index (χ4v) is 0.329. The topological polar surface area (TPSA) is 12.0 Å². The van der Waals surface area contributed by atoms with E-state index in [4.69, 9.17) is 0 Å². The Morgan fingerprint density at radius 2 is 2.12 bits per heavy atom. The number of nitrogens with one attached hydrogen (secondary N) is 1. The Kier molecular flexibility index (Phi) is 11.3. The second kappa shape index (κ2) is 7.80. The van der Waals surface area contributed by atoms with Gasteiger partial charge in [0.1, 0.15) is 0 Å². The summed E-state index contributed by atoms with van der Waals surface area (Å²) in [4.78, 5) is 0. The van der Waals surface area contributed by atoms with Crippen molar-refractivity contribution in [1.29, 1.82) is 0 Å². The summed E-state index contributed by atoms with van der Waals surface area (Å²) in [7, 11) is 1.89. The summed E-state index contributed by atoms with van der Waals surface area (Å²) in [6.07, 6.45) is 3.98. The van der Waals surface area contributed by atoms with Gasteiger partial charge in [0.25, 0.3) is 0 Å². The van der Waals surface area contributed by atoms with E-state index in [9.17, 15) is 0 Å². The van der Waals surface area contributed by atoms with Gasteiger partial charge in [0, 0.05) is 0 Å². The molecule has 0 bridgehead atoms. The molecular weight excluding hydrogens is 175 g/mol. The van der Waals surface area contributed by atoms with Crippen molar-refractivity contribution < 1.29 is 32.7 Å². The maximum absolute atomic E-state index is 3.75. The predicted molar refractivity (Wildman–Crippen MR) is 33.0 cm³/mol. The third kappa shape index (κ3) is 6.80. The molecule has 2 heteroatoms. The number of rotatable bonds is 2. The molecule has 0 amide bonds. The second-order valence-corrected chi connectivity index (χ2v) is 1.42. The Bertz CT molecular complexity index is 61.5. The van der Waals surface area contributed by atoms with E-state index in [1.54, 1.807) is 0 Å². The van der Waals surface area contributed by atoms with Gasteiger partial charge in [0.05, 0.1) is 0 Å². The molecule has 0 saturated heterocycles. The van der Waals surface area contributed by atoms with Crippen LogP contribution in [0.1, 0.15) is 6.92 Å². The van der Waals surface area contributed by atoms with Crippen LogP contribution >= 0.6 is 0 Å². The molecule has 1 nitrogen and oxygen atoms in total. The zero-order valence-corrected chi connectivity index (χ0v) is 8.35. The van der Waals surface area contributed by atoms with E-state index in [-0.39, 0.29) is 38.8 Å². The summed E-state index contributed by atoms with van der Waals surface area (Å²) in [5.41, 5.74) is 0. The maximum Gasteiger partial charge on any atom is 3.00 e. The van der Waals surface area contributed by atoms with E-state index in [1.165, 1.54) is 0 Å². The van der Waals surface area contributed by atoms with Gasteiger partial charge in [-0.2, -0.15) is 0 Å². The minimum absolute atomic E-state index is 0. The van der Waals surface area contributed by atoms with Gasteiger partial charge in [-0.15, -0.1) is 12.1 Å². The first-order chi connectivity index (χ1) is 3.31. The van der Waals surface area contributed by atoms with Gasteiger partial charge in [0.15, 0.2) is 0 Å². The van der Waals surface area contributed by atoms with Crippen molar-refractivity contribution in [2.45, 2.75) is 13.0 Å². The fraction of sp³-hybridized carbons (Fsp3) is 0.500. The first-order valence-corrected chi connectivity index (χ1v) is 2.44. The predicted octanol–water partition coefficient (Wildman–Crippen LogP) is 0.982. The number of allylic oxidation sites excluding steroid dienone is 1. The van der Waals surface area contributed by atoms with Gasteiger partial charge in [0.2, 0.25) is 0 Å². The molecule has 0 radical (unpaired) electrons. The average Bonchev–Trinajstić information content (AvgIpc) is 1.68. The van der Waals surface area contributed by atoms with Gasteiger partial charge >= 0.3 is 32.7 Å². The van der Waals surface area contributed by atoms with E-state index in [0.717, 1.165) is 0 Å². The molecule has 1 unspecified atom stereocenters. The Morgan fingerprint density at radius 1 is 1.62 bits per heavy atom. The summed E-state index contributed by atoms with van der Waals surface area (Å²) in [6.45, 7) is 5.73. The third-order valence-electron chi connectivity index (χ3n) is 0.796. The van der Waals surface area contributed by atoms with Gasteiger partial charge in [-0.1, -0.05) is 6.08 Å². The molecule has 0 aromatic rings. The smallest absolute Gasteiger partial charge is 0.343 e. The van der Waals surface area contributed by atoms with Crippen LogP contribution in [-0.2, 0) is 32.7 Å². The van der Waals surface area contributed by atoms with E-state index >= 15 is 0 Å². The quantitative estimate of drug-likeness (QED) is 0.502. The van der Waals surface area contributed by atoms with Gasteiger partial charge in [-0.05, 0) is 14.0 Å². The molecule has 0 aromatic heterocycles. The summed E-state index contributed by atoms with van der Waals surface area (Å²) in [5, 5.41) is 2.97. The number of hydrogen-bond acceptors (Lipinski definition) is 1. The second-order valence-electron chi connectivity index (χ2n) is 1.42. The standard InChI is InChI=1S/C6H12N.Y/c1-4-5-6(2)7-3;/h4-7H,2H2,1,3H3;/q-1;+3/b5-4+;. The zero-order valence-electron chi connectivity index (χ0n) is 5.52. The maximum atomic E-state index is 3.75. The molecule has 0 fully saturated rings. The minimum atomic E-state index is 0. The molecule has 8 heavy (non-hydrogen) atoms. The SMILES string of the molecule is [CH2-]C(/C=C/C)NC.[Y+3]. The van der Waals surface area contributed by atoms with Crippen molar-refractivity contribution >= 4 is 0 Å². The monoisotopic (exact) mass is 187 g/mol. The van der Waals surface area contributed by atoms with E-state index < -0.39 is 0 Å². The van der Waals surface area contributed by atoms with Crippen LogP contribution in [0.2, 0.25) is 0 Å². The molecule has 0 aliphatic carbocycles. The van der Waals surface area contributed by atoms with Crippen molar-refractivity contribution in [3.8, 4) is 0 Å². The number of hydrogen-bond donors (Lipinski definition) is 1. The van der Waals surface area contributed by atoms with E-state index in [2.05, 4.69) is 12.2 Å². The van der Waals surface area contributed by atoms with E-state index in [1.807, 2.05) is 26.1 Å². The van der Waals surface area contributed by atoms with Crippen molar-refractivity contribution in [3.05, 3.63) is 19.1 Å². The molecule has 0 rings (SSSR count). The summed E-state index contributed by atoms with van der Waals surface area (Å²) < 4.78 is 0. The molecule has 0 aromatic carbocycles. The summed E-state index contributed by atoms with van der Waals surface area (Å²) >= 11 is 0. The molecule has 1 N–H and O–H groups in total. The van der Waals surface area contributed by atoms with Crippen molar-refractivity contribution in [1.82, 2.24) is 5.32 Å². The summed E-state index contributed by atoms with van der Waals surface area (Å²) in [5.74, 6) is 0. The fourth-order valence-electron chi connectivity index (χ4n) is 0.329. The molecular formula is C6H12NY+2. The van der Waals surface area contributed by atoms with Crippen LogP contribution in [0, 0.1) is 6.92 Å². The van der Waals surface area contributed by atoms with Crippen molar-refractivity contribution in [3.63, 3.8) is 0 Å². The Morgan fingerprint density at radius 3 is 2.25 bits per heavy atom. The summed E-state index contributed by atoms with van der Waals surface area (Å²) in [6, 6.07) is 0.269. The average molecular weight is 187 g/mol. The third-order valence-corrected chi connectivity index (χ3v) is 0.796. The molecule has 42 valence electrons. The number of likely N-dealkylation sites (N-methyl/N-ethyl adjacent to an activating group) is 1. The van der Waals surface area contributed by atoms with E-state index in [0.29, 0.717) is 0 Å². The largest absolute Gasteiger partial charge is 3.00 e. The van der Waals surface area contributed by atoms with Crippen LogP contribution in [-0.4, -0.2) is 13.1 Å². The van der Waals surface area contributed by atoms with Crippen LogP contribution in [0.5, 0.6) is 0 Å². The molecule has 0 aliphatic heterocycles. The van der Waals surface area contributed by atoms with Gasteiger partial charge in [-0.25, -0.2) is 0 Å². The van der Waals surface area contributed by atoms with Crippen LogP contribution in [0.3, 0.4) is 0 Å². The van der Waals surface area contributed by atoms with Crippen LogP contribution < -0.4 is 5.32 Å². The molecule has 0 spiro atoms. The van der Waals surface area contributed by atoms with Crippen LogP contribution in [0.4, 0.5) is 0 Å². The molecule has 0 saturated carbocycles. The van der Waals surface area contributed by atoms with Crippen LogP contribution in [0.25, 0.3) is 0 Å². The zero-order chi connectivity index (χ0) is 5.70.